The molecule has 1 atom stereocenters. The van der Waals surface area contributed by atoms with E-state index in [2.05, 4.69) is 54.5 Å². The van der Waals surface area contributed by atoms with Gasteiger partial charge >= 0.3 is 0 Å². The minimum absolute atomic E-state index is 0. The van der Waals surface area contributed by atoms with Gasteiger partial charge in [0.15, 0.2) is 5.96 Å². The summed E-state index contributed by atoms with van der Waals surface area (Å²) in [5, 5.41) is 6.75. The van der Waals surface area contributed by atoms with Crippen LogP contribution in [0.5, 0.6) is 5.75 Å². The van der Waals surface area contributed by atoms with Crippen molar-refractivity contribution >= 4 is 29.9 Å². The maximum atomic E-state index is 5.60. The highest BCUT2D eigenvalue weighted by atomic mass is 127. The van der Waals surface area contributed by atoms with Gasteiger partial charge in [-0.25, -0.2) is 0 Å². The van der Waals surface area contributed by atoms with E-state index in [1.54, 1.807) is 14.2 Å². The fraction of sp³-hybridized carbons (Fsp3) is 0.650. The summed E-state index contributed by atoms with van der Waals surface area (Å²) in [6.07, 6.45) is 0.955. The molecule has 156 valence electrons. The molecule has 1 aromatic carbocycles. The average Bonchev–Trinajstić information content (AvgIpc) is 2.62. The van der Waals surface area contributed by atoms with Crippen LogP contribution >= 0.6 is 24.0 Å². The summed E-state index contributed by atoms with van der Waals surface area (Å²) in [4.78, 5) is 6.48. The first-order valence-electron chi connectivity index (χ1n) is 9.31. The Morgan fingerprint density at radius 1 is 1.19 bits per heavy atom. The number of nitrogens with zero attached hydrogens (tertiary/aromatic N) is 2. The summed E-state index contributed by atoms with van der Waals surface area (Å²) in [6, 6.07) is 8.31. The molecule has 0 fully saturated rings. The van der Waals surface area contributed by atoms with Gasteiger partial charge in [-0.2, -0.15) is 0 Å². The van der Waals surface area contributed by atoms with Gasteiger partial charge < -0.3 is 25.0 Å². The van der Waals surface area contributed by atoms with Crippen molar-refractivity contribution < 1.29 is 9.47 Å². The van der Waals surface area contributed by atoms with E-state index in [1.165, 1.54) is 0 Å². The van der Waals surface area contributed by atoms with E-state index >= 15 is 0 Å². The summed E-state index contributed by atoms with van der Waals surface area (Å²) in [7, 11) is 7.64. The third-order valence-corrected chi connectivity index (χ3v) is 4.02. The van der Waals surface area contributed by atoms with Crippen molar-refractivity contribution in [2.24, 2.45) is 10.9 Å². The summed E-state index contributed by atoms with van der Waals surface area (Å²) >= 11 is 0. The molecule has 0 heterocycles. The zero-order valence-electron chi connectivity index (χ0n) is 17.6. The van der Waals surface area contributed by atoms with E-state index in [9.17, 15) is 0 Å². The lowest BCUT2D eigenvalue weighted by atomic mass is 10.0. The Morgan fingerprint density at radius 2 is 1.89 bits per heavy atom. The molecule has 0 aliphatic carbocycles. The second-order valence-electron chi connectivity index (χ2n) is 6.92. The van der Waals surface area contributed by atoms with Crippen molar-refractivity contribution in [2.75, 3.05) is 54.6 Å². The van der Waals surface area contributed by atoms with Crippen LogP contribution in [0, 0.1) is 5.92 Å². The molecule has 2 N–H and O–H groups in total. The third-order valence-electron chi connectivity index (χ3n) is 4.02. The number of rotatable bonds is 11. The molecule has 1 aromatic rings. The molecule has 0 aliphatic rings. The lowest BCUT2D eigenvalue weighted by Gasteiger charge is -2.27. The molecule has 27 heavy (non-hydrogen) atoms. The van der Waals surface area contributed by atoms with Crippen LogP contribution in [0.3, 0.4) is 0 Å². The second-order valence-corrected chi connectivity index (χ2v) is 6.92. The highest BCUT2D eigenvalue weighted by molar-refractivity contribution is 14.0. The van der Waals surface area contributed by atoms with Crippen LogP contribution in [-0.2, 0) is 4.74 Å². The lowest BCUT2D eigenvalue weighted by Crippen LogP contribution is -2.42. The van der Waals surface area contributed by atoms with Crippen LogP contribution in [0.2, 0.25) is 0 Å². The van der Waals surface area contributed by atoms with Crippen molar-refractivity contribution in [3.63, 3.8) is 0 Å². The molecular formula is C20H37IN4O2. The summed E-state index contributed by atoms with van der Waals surface area (Å²) < 4.78 is 11.1. The van der Waals surface area contributed by atoms with Crippen molar-refractivity contribution in [3.05, 3.63) is 29.8 Å². The monoisotopic (exact) mass is 492 g/mol. The molecule has 0 aromatic heterocycles. The SMILES string of the molecule is CN=C(NCCCOCC(C)C)NCC(c1ccccc1OC)N(C)C.I. The van der Waals surface area contributed by atoms with Crippen molar-refractivity contribution in [1.82, 2.24) is 15.5 Å². The Morgan fingerprint density at radius 3 is 2.48 bits per heavy atom. The fourth-order valence-electron chi connectivity index (χ4n) is 2.63. The van der Waals surface area contributed by atoms with E-state index in [1.807, 2.05) is 18.2 Å². The smallest absolute Gasteiger partial charge is 0.191 e. The van der Waals surface area contributed by atoms with Gasteiger partial charge in [0, 0.05) is 38.9 Å². The van der Waals surface area contributed by atoms with Crippen LogP contribution in [0.25, 0.3) is 0 Å². The highest BCUT2D eigenvalue weighted by Crippen LogP contribution is 2.27. The Kier molecular flexibility index (Phi) is 14.3. The first-order chi connectivity index (χ1) is 12.5. The predicted molar refractivity (Wildman–Crippen MR) is 124 cm³/mol. The second kappa shape index (κ2) is 14.9. The van der Waals surface area contributed by atoms with Crippen molar-refractivity contribution in [2.45, 2.75) is 26.3 Å². The van der Waals surface area contributed by atoms with Gasteiger partial charge in [0.1, 0.15) is 5.75 Å². The zero-order chi connectivity index (χ0) is 19.4. The summed E-state index contributed by atoms with van der Waals surface area (Å²) in [5.41, 5.74) is 1.16. The molecule has 7 heteroatoms. The molecule has 0 saturated heterocycles. The number of para-hydroxylation sites is 1. The highest BCUT2D eigenvalue weighted by Gasteiger charge is 2.18. The number of nitrogens with one attached hydrogen (secondary N) is 2. The molecular weight excluding hydrogens is 455 g/mol. The normalized spacial score (nSPS) is 12.7. The van der Waals surface area contributed by atoms with Crippen molar-refractivity contribution in [3.8, 4) is 5.75 Å². The summed E-state index contributed by atoms with van der Waals surface area (Å²) in [5.74, 6) is 2.28. The summed E-state index contributed by atoms with van der Waals surface area (Å²) in [6.45, 7) is 7.47. The average molecular weight is 492 g/mol. The number of halogens is 1. The standard InChI is InChI=1S/C20H36N4O2.HI/c1-16(2)15-26-13-9-12-22-20(21-3)23-14-18(24(4)5)17-10-7-8-11-19(17)25-6;/h7-8,10-11,16,18H,9,12-15H2,1-6H3,(H2,21,22,23);1H. The third kappa shape index (κ3) is 10.2. The number of hydrogen-bond donors (Lipinski definition) is 2. The molecule has 0 amide bonds. The molecule has 6 nitrogen and oxygen atoms in total. The predicted octanol–water partition coefficient (Wildman–Crippen LogP) is 3.14. The minimum Gasteiger partial charge on any atom is -0.496 e. The van der Waals surface area contributed by atoms with Gasteiger partial charge in [0.2, 0.25) is 0 Å². The maximum absolute atomic E-state index is 5.60. The van der Waals surface area contributed by atoms with Gasteiger partial charge in [-0.3, -0.25) is 4.99 Å². The van der Waals surface area contributed by atoms with Crippen LogP contribution < -0.4 is 15.4 Å². The van der Waals surface area contributed by atoms with Crippen LogP contribution in [0.1, 0.15) is 31.9 Å². The number of benzene rings is 1. The number of hydrogen-bond acceptors (Lipinski definition) is 4. The molecule has 0 aliphatic heterocycles. The number of guanidine groups is 1. The topological polar surface area (TPSA) is 58.1 Å². The first-order valence-corrected chi connectivity index (χ1v) is 9.31. The quantitative estimate of drug-likeness (QED) is 0.215. The number of likely N-dealkylation sites (N-methyl/N-ethyl adjacent to an activating group) is 1. The minimum atomic E-state index is 0. The molecule has 0 saturated carbocycles. The molecule has 0 bridgehead atoms. The van der Waals surface area contributed by atoms with E-state index in [0.29, 0.717) is 5.92 Å². The maximum Gasteiger partial charge on any atom is 0.191 e. The lowest BCUT2D eigenvalue weighted by molar-refractivity contribution is 0.108. The number of ether oxygens (including phenoxy) is 2. The van der Waals surface area contributed by atoms with Gasteiger partial charge in [-0.05, 0) is 32.5 Å². The molecule has 1 unspecified atom stereocenters. The van der Waals surface area contributed by atoms with E-state index in [4.69, 9.17) is 9.47 Å². The zero-order valence-corrected chi connectivity index (χ0v) is 19.9. The largest absolute Gasteiger partial charge is 0.496 e. The first kappa shape index (κ1) is 25.9. The molecule has 1 rings (SSSR count). The number of aliphatic imine (C=N–C) groups is 1. The number of methoxy groups -OCH3 is 1. The fourth-order valence-corrected chi connectivity index (χ4v) is 2.63. The van der Waals surface area contributed by atoms with Crippen LogP contribution in [-0.4, -0.2) is 65.4 Å². The van der Waals surface area contributed by atoms with Gasteiger partial charge in [-0.15, -0.1) is 24.0 Å². The Balaban J connectivity index is 0.00000676. The van der Waals surface area contributed by atoms with Gasteiger partial charge in [-0.1, -0.05) is 32.0 Å². The van der Waals surface area contributed by atoms with E-state index < -0.39 is 0 Å². The van der Waals surface area contributed by atoms with Gasteiger partial charge in [0.25, 0.3) is 0 Å². The Labute approximate surface area is 182 Å². The molecule has 0 radical (unpaired) electrons. The molecule has 0 spiro atoms. The van der Waals surface area contributed by atoms with E-state index in [0.717, 1.165) is 50.0 Å². The van der Waals surface area contributed by atoms with E-state index in [-0.39, 0.29) is 30.0 Å². The van der Waals surface area contributed by atoms with Crippen LogP contribution in [0.4, 0.5) is 0 Å². The van der Waals surface area contributed by atoms with Crippen LogP contribution in [0.15, 0.2) is 29.3 Å². The van der Waals surface area contributed by atoms with Crippen molar-refractivity contribution in [1.29, 1.82) is 0 Å². The Bertz CT molecular complexity index is 538. The Hall–Kier alpha value is -1.06. The van der Waals surface area contributed by atoms with Gasteiger partial charge in [0.05, 0.1) is 13.2 Å².